The van der Waals surface area contributed by atoms with E-state index in [1.54, 1.807) is 24.3 Å². The normalized spacial score (nSPS) is 10.6. The molecule has 0 saturated carbocycles. The van der Waals surface area contributed by atoms with Crippen LogP contribution in [0, 0.1) is 0 Å². The first kappa shape index (κ1) is 20.5. The van der Waals surface area contributed by atoms with Gasteiger partial charge >= 0.3 is 0 Å². The molecule has 0 aliphatic rings. The molecule has 0 aliphatic carbocycles. The molecule has 0 spiro atoms. The number of nitrogens with one attached hydrogen (secondary N) is 3. The Morgan fingerprint density at radius 3 is 2.48 bits per heavy atom. The summed E-state index contributed by atoms with van der Waals surface area (Å²) in [4.78, 5) is 24.6. The van der Waals surface area contributed by atoms with Crippen molar-refractivity contribution in [1.82, 2.24) is 10.6 Å². The molecule has 3 aromatic carbocycles. The van der Waals surface area contributed by atoms with Gasteiger partial charge in [-0.15, -0.1) is 0 Å². The number of anilines is 1. The maximum absolute atomic E-state index is 12.5. The second kappa shape index (κ2) is 9.30. The fourth-order valence-electron chi connectivity index (χ4n) is 3.04. The molecule has 6 heteroatoms. The number of hydrogen-bond acceptors (Lipinski definition) is 3. The third kappa shape index (κ3) is 5.62. The largest absolute Gasteiger partial charge is 0.350 e. The smallest absolute Gasteiger partial charge is 0.251 e. The van der Waals surface area contributed by atoms with Gasteiger partial charge in [0.2, 0.25) is 5.91 Å². The maximum Gasteiger partial charge on any atom is 0.251 e. The van der Waals surface area contributed by atoms with Crippen LogP contribution in [0.15, 0.2) is 66.7 Å². The Morgan fingerprint density at radius 1 is 0.966 bits per heavy atom. The van der Waals surface area contributed by atoms with E-state index in [-0.39, 0.29) is 29.4 Å². The Kier molecular flexibility index (Phi) is 6.57. The number of carbonyl (C=O) groups is 2. The monoisotopic (exact) mass is 405 g/mol. The zero-order valence-electron chi connectivity index (χ0n) is 16.4. The molecule has 0 unspecified atom stereocenters. The van der Waals surface area contributed by atoms with Crippen LogP contribution >= 0.6 is 12.2 Å². The minimum Gasteiger partial charge on any atom is -0.350 e. The summed E-state index contributed by atoms with van der Waals surface area (Å²) in [6.45, 7) is 3.81. The molecular weight excluding hydrogens is 382 g/mol. The topological polar surface area (TPSA) is 70.2 Å². The Labute approximate surface area is 175 Å². The molecule has 0 heterocycles. The number of hydrogen-bond donors (Lipinski definition) is 3. The fraction of sp³-hybridized carbons (Fsp3) is 0.174. The maximum atomic E-state index is 12.5. The van der Waals surface area contributed by atoms with Gasteiger partial charge in [0.05, 0.1) is 6.42 Å². The molecule has 148 valence electrons. The molecule has 0 aromatic heterocycles. The molecule has 3 N–H and O–H groups in total. The van der Waals surface area contributed by atoms with Crippen LogP contribution in [0.3, 0.4) is 0 Å². The molecule has 0 bridgehead atoms. The van der Waals surface area contributed by atoms with Gasteiger partial charge in [0.25, 0.3) is 5.91 Å². The highest BCUT2D eigenvalue weighted by Crippen LogP contribution is 2.19. The van der Waals surface area contributed by atoms with Crippen molar-refractivity contribution in [1.29, 1.82) is 0 Å². The Morgan fingerprint density at radius 2 is 1.69 bits per heavy atom. The van der Waals surface area contributed by atoms with E-state index in [2.05, 4.69) is 16.0 Å². The standard InChI is InChI=1S/C23H23N3O2S/c1-15(2)24-22(28)18-10-6-11-19(13-18)25-23(29)26-21(27)14-17-9-5-8-16-7-3-4-12-20(16)17/h3-13,15H,14H2,1-2H3,(H,24,28)(H2,25,26,27,29). The van der Waals surface area contributed by atoms with E-state index in [1.807, 2.05) is 56.3 Å². The first-order chi connectivity index (χ1) is 13.9. The second-order valence-electron chi connectivity index (χ2n) is 7.03. The van der Waals surface area contributed by atoms with E-state index in [0.29, 0.717) is 11.3 Å². The van der Waals surface area contributed by atoms with Crippen LogP contribution in [-0.4, -0.2) is 23.0 Å². The first-order valence-electron chi connectivity index (χ1n) is 9.41. The zero-order valence-corrected chi connectivity index (χ0v) is 17.2. The van der Waals surface area contributed by atoms with Gasteiger partial charge in [0.15, 0.2) is 5.11 Å². The van der Waals surface area contributed by atoms with Crippen molar-refractivity contribution in [2.75, 3.05) is 5.32 Å². The van der Waals surface area contributed by atoms with Crippen molar-refractivity contribution >= 4 is 45.6 Å². The number of thiocarbonyl (C=S) groups is 1. The average Bonchev–Trinajstić information content (AvgIpc) is 2.67. The molecule has 0 saturated heterocycles. The SMILES string of the molecule is CC(C)NC(=O)c1cccc(NC(=S)NC(=O)Cc2cccc3ccccc23)c1. The van der Waals surface area contributed by atoms with Crippen LogP contribution in [0.25, 0.3) is 10.8 Å². The first-order valence-corrected chi connectivity index (χ1v) is 9.81. The van der Waals surface area contributed by atoms with E-state index in [0.717, 1.165) is 16.3 Å². The molecule has 3 rings (SSSR count). The quantitative estimate of drug-likeness (QED) is 0.561. The van der Waals surface area contributed by atoms with Crippen LogP contribution in [0.1, 0.15) is 29.8 Å². The molecule has 0 radical (unpaired) electrons. The van der Waals surface area contributed by atoms with Crippen LogP contribution < -0.4 is 16.0 Å². The molecule has 5 nitrogen and oxygen atoms in total. The summed E-state index contributed by atoms with van der Waals surface area (Å²) in [7, 11) is 0. The Hall–Kier alpha value is -3.25. The molecule has 29 heavy (non-hydrogen) atoms. The third-order valence-corrected chi connectivity index (χ3v) is 4.49. The van der Waals surface area contributed by atoms with Crippen molar-refractivity contribution < 1.29 is 9.59 Å². The zero-order chi connectivity index (χ0) is 20.8. The van der Waals surface area contributed by atoms with E-state index >= 15 is 0 Å². The summed E-state index contributed by atoms with van der Waals surface area (Å²) in [6.07, 6.45) is 0.222. The molecule has 0 fully saturated rings. The van der Waals surface area contributed by atoms with E-state index in [1.165, 1.54) is 0 Å². The highest BCUT2D eigenvalue weighted by Gasteiger charge is 2.11. The van der Waals surface area contributed by atoms with Crippen molar-refractivity contribution in [3.05, 3.63) is 77.9 Å². The van der Waals surface area contributed by atoms with Gasteiger partial charge in [-0.3, -0.25) is 9.59 Å². The fourth-order valence-corrected chi connectivity index (χ4v) is 3.27. The van der Waals surface area contributed by atoms with Gasteiger partial charge in [-0.1, -0.05) is 48.5 Å². The number of carbonyl (C=O) groups excluding carboxylic acids is 2. The van der Waals surface area contributed by atoms with Gasteiger partial charge in [0.1, 0.15) is 0 Å². The lowest BCUT2D eigenvalue weighted by Crippen LogP contribution is -2.35. The third-order valence-electron chi connectivity index (χ3n) is 4.29. The lowest BCUT2D eigenvalue weighted by Gasteiger charge is -2.12. The van der Waals surface area contributed by atoms with Gasteiger partial charge in [0, 0.05) is 17.3 Å². The van der Waals surface area contributed by atoms with Crippen molar-refractivity contribution in [3.63, 3.8) is 0 Å². The molecule has 2 amide bonds. The predicted molar refractivity (Wildman–Crippen MR) is 121 cm³/mol. The minimum absolute atomic E-state index is 0.0496. The van der Waals surface area contributed by atoms with Crippen LogP contribution in [0.2, 0.25) is 0 Å². The summed E-state index contributed by atoms with van der Waals surface area (Å²) in [6, 6.07) is 20.9. The second-order valence-corrected chi connectivity index (χ2v) is 7.43. The van der Waals surface area contributed by atoms with Crippen LogP contribution in [-0.2, 0) is 11.2 Å². The Bertz CT molecular complexity index is 1060. The highest BCUT2D eigenvalue weighted by molar-refractivity contribution is 7.80. The minimum atomic E-state index is -0.201. The molecule has 0 atom stereocenters. The summed E-state index contributed by atoms with van der Waals surface area (Å²) >= 11 is 5.26. The van der Waals surface area contributed by atoms with Crippen molar-refractivity contribution in [3.8, 4) is 0 Å². The van der Waals surface area contributed by atoms with Gasteiger partial charge in [-0.2, -0.15) is 0 Å². The van der Waals surface area contributed by atoms with Crippen LogP contribution in [0.5, 0.6) is 0 Å². The Balaban J connectivity index is 1.62. The van der Waals surface area contributed by atoms with E-state index < -0.39 is 0 Å². The molecule has 0 aliphatic heterocycles. The number of rotatable bonds is 5. The van der Waals surface area contributed by atoms with Gasteiger partial charge < -0.3 is 16.0 Å². The van der Waals surface area contributed by atoms with Crippen molar-refractivity contribution in [2.45, 2.75) is 26.3 Å². The van der Waals surface area contributed by atoms with E-state index in [9.17, 15) is 9.59 Å². The highest BCUT2D eigenvalue weighted by atomic mass is 32.1. The summed E-state index contributed by atoms with van der Waals surface area (Å²) in [5, 5.41) is 10.8. The summed E-state index contributed by atoms with van der Waals surface area (Å²) in [5.74, 6) is -0.359. The number of fused-ring (bicyclic) bond motifs is 1. The lowest BCUT2D eigenvalue weighted by molar-refractivity contribution is -0.119. The average molecular weight is 406 g/mol. The molecule has 3 aromatic rings. The summed E-state index contributed by atoms with van der Waals surface area (Å²) < 4.78 is 0. The molecular formula is C23H23N3O2S. The number of amides is 2. The van der Waals surface area contributed by atoms with Gasteiger partial charge in [-0.25, -0.2) is 0 Å². The predicted octanol–water partition coefficient (Wildman–Crippen LogP) is 4.03. The summed E-state index contributed by atoms with van der Waals surface area (Å²) in [5.41, 5.74) is 2.10. The van der Waals surface area contributed by atoms with E-state index in [4.69, 9.17) is 12.2 Å². The van der Waals surface area contributed by atoms with Crippen LogP contribution in [0.4, 0.5) is 5.69 Å². The van der Waals surface area contributed by atoms with Crippen molar-refractivity contribution in [2.24, 2.45) is 0 Å². The van der Waals surface area contributed by atoms with Gasteiger partial charge in [-0.05, 0) is 60.6 Å². The lowest BCUT2D eigenvalue weighted by atomic mass is 10.0. The number of benzene rings is 3.